The van der Waals surface area contributed by atoms with Gasteiger partial charge in [0.25, 0.3) is 5.91 Å². The minimum Gasteiger partial charge on any atom is -0.468 e. The van der Waals surface area contributed by atoms with E-state index in [0.29, 0.717) is 12.2 Å². The number of hydrogen-bond donors (Lipinski definition) is 0. The largest absolute Gasteiger partial charge is 0.468 e. The van der Waals surface area contributed by atoms with Crippen molar-refractivity contribution in [1.29, 1.82) is 0 Å². The molecule has 1 fully saturated rings. The Morgan fingerprint density at radius 2 is 1.79 bits per heavy atom. The summed E-state index contributed by atoms with van der Waals surface area (Å²) >= 11 is 5.68. The molecule has 0 radical (unpaired) electrons. The molecule has 3 aromatic carbocycles. The fraction of sp³-hybridized carbons (Fsp3) is 0.167. The van der Waals surface area contributed by atoms with Crippen LogP contribution in [0.5, 0.6) is 0 Å². The molecule has 8 heteroatoms. The summed E-state index contributed by atoms with van der Waals surface area (Å²) in [5.41, 5.74) is 4.57. The van der Waals surface area contributed by atoms with Crippen molar-refractivity contribution < 1.29 is 18.7 Å². The van der Waals surface area contributed by atoms with Crippen molar-refractivity contribution in [3.05, 3.63) is 107 Å². The Bertz CT molecular complexity index is 1580. The number of methoxy groups -OCH3 is 1. The standard InChI is InChI=1S/C30H26FN3O3S/c1-3-20-11-13-24(14-12-20)34-29(36)27(33(30(34)38)19-28(35)37-2)16-22-18-32(26-10-5-4-9-25(22)26)17-21-7-6-8-23(31)15-21/h4-16,18H,3,17,19H2,1-2H3/b27-16-. The maximum Gasteiger partial charge on any atom is 0.325 e. The number of carbonyl (C=O) groups excluding carboxylic acids is 2. The van der Waals surface area contributed by atoms with Gasteiger partial charge in [0.05, 0.1) is 12.8 Å². The summed E-state index contributed by atoms with van der Waals surface area (Å²) in [5.74, 6) is -1.13. The lowest BCUT2D eigenvalue weighted by molar-refractivity contribution is -0.140. The quantitative estimate of drug-likeness (QED) is 0.180. The lowest BCUT2D eigenvalue weighted by Gasteiger charge is -2.19. The third kappa shape index (κ3) is 4.82. The number of anilines is 1. The molecule has 1 aliphatic heterocycles. The highest BCUT2D eigenvalue weighted by Gasteiger charge is 2.40. The first-order valence-corrected chi connectivity index (χ1v) is 12.7. The number of esters is 1. The third-order valence-corrected chi connectivity index (χ3v) is 7.01. The number of ether oxygens (including phenoxy) is 1. The van der Waals surface area contributed by atoms with E-state index in [4.69, 9.17) is 17.0 Å². The Kier molecular flexibility index (Phi) is 7.07. The van der Waals surface area contributed by atoms with Crippen LogP contribution in [0, 0.1) is 5.82 Å². The fourth-order valence-electron chi connectivity index (χ4n) is 4.64. The number of carbonyl (C=O) groups is 2. The van der Waals surface area contributed by atoms with Gasteiger partial charge in [-0.2, -0.15) is 0 Å². The number of nitrogens with zero attached hydrogens (tertiary/aromatic N) is 3. The van der Waals surface area contributed by atoms with Gasteiger partial charge in [-0.1, -0.05) is 49.4 Å². The van der Waals surface area contributed by atoms with Crippen LogP contribution in [0.4, 0.5) is 10.1 Å². The second-order valence-corrected chi connectivity index (χ2v) is 9.36. The highest BCUT2D eigenvalue weighted by molar-refractivity contribution is 7.80. The maximum absolute atomic E-state index is 13.8. The molecular formula is C30H26FN3O3S. The third-order valence-electron chi connectivity index (χ3n) is 6.61. The first kappa shape index (κ1) is 25.4. The van der Waals surface area contributed by atoms with E-state index in [0.717, 1.165) is 34.0 Å². The maximum atomic E-state index is 13.8. The lowest BCUT2D eigenvalue weighted by atomic mass is 10.1. The van der Waals surface area contributed by atoms with E-state index in [1.807, 2.05) is 65.4 Å². The second kappa shape index (κ2) is 10.6. The normalized spacial score (nSPS) is 14.7. The van der Waals surface area contributed by atoms with Crippen LogP contribution < -0.4 is 4.90 Å². The van der Waals surface area contributed by atoms with Crippen LogP contribution in [-0.4, -0.2) is 40.1 Å². The summed E-state index contributed by atoms with van der Waals surface area (Å²) in [7, 11) is 1.30. The Hall–Kier alpha value is -4.30. The van der Waals surface area contributed by atoms with Crippen LogP contribution in [0.2, 0.25) is 0 Å². The Balaban J connectivity index is 1.59. The number of amides is 1. The number of thiocarbonyl (C=S) groups is 1. The summed E-state index contributed by atoms with van der Waals surface area (Å²) in [6.45, 7) is 2.32. The van der Waals surface area contributed by atoms with Gasteiger partial charge in [0, 0.05) is 29.2 Å². The van der Waals surface area contributed by atoms with Crippen molar-refractivity contribution in [2.75, 3.05) is 18.6 Å². The molecule has 0 atom stereocenters. The molecule has 0 unspecified atom stereocenters. The molecule has 1 amide bonds. The average molecular weight is 528 g/mol. The van der Waals surface area contributed by atoms with Gasteiger partial charge in [0.2, 0.25) is 0 Å². The Morgan fingerprint density at radius 3 is 2.50 bits per heavy atom. The topological polar surface area (TPSA) is 54.8 Å². The molecule has 0 saturated carbocycles. The van der Waals surface area contributed by atoms with E-state index in [-0.39, 0.29) is 29.1 Å². The van der Waals surface area contributed by atoms with Gasteiger partial charge in [-0.25, -0.2) is 4.39 Å². The molecule has 0 N–H and O–H groups in total. The summed E-state index contributed by atoms with van der Waals surface area (Å²) in [6, 6.07) is 21.9. The van der Waals surface area contributed by atoms with Crippen LogP contribution in [0.1, 0.15) is 23.6 Å². The zero-order chi connectivity index (χ0) is 26.8. The van der Waals surface area contributed by atoms with Crippen molar-refractivity contribution >= 4 is 51.9 Å². The van der Waals surface area contributed by atoms with Gasteiger partial charge in [-0.05, 0) is 66.2 Å². The van der Waals surface area contributed by atoms with Gasteiger partial charge in [0.15, 0.2) is 5.11 Å². The van der Waals surface area contributed by atoms with Crippen molar-refractivity contribution in [2.45, 2.75) is 19.9 Å². The highest BCUT2D eigenvalue weighted by atomic mass is 32.1. The fourth-order valence-corrected chi connectivity index (χ4v) is 4.99. The number of rotatable bonds is 7. The monoisotopic (exact) mass is 527 g/mol. The first-order valence-electron chi connectivity index (χ1n) is 12.2. The SMILES string of the molecule is CCc1ccc(N2C(=O)/C(=C/c3cn(Cc4cccc(F)c4)c4ccccc34)N(CC(=O)OC)C2=S)cc1. The molecule has 1 aromatic heterocycles. The van der Waals surface area contributed by atoms with Crippen LogP contribution >= 0.6 is 12.2 Å². The Labute approximate surface area is 225 Å². The average Bonchev–Trinajstić information content (AvgIpc) is 3.38. The van der Waals surface area contributed by atoms with E-state index < -0.39 is 5.97 Å². The van der Waals surface area contributed by atoms with Gasteiger partial charge in [-0.15, -0.1) is 0 Å². The van der Waals surface area contributed by atoms with E-state index in [1.54, 1.807) is 12.1 Å². The second-order valence-electron chi connectivity index (χ2n) is 8.99. The van der Waals surface area contributed by atoms with Crippen LogP contribution in [0.15, 0.2) is 84.7 Å². The number of aryl methyl sites for hydroxylation is 1. The predicted molar refractivity (Wildman–Crippen MR) is 150 cm³/mol. The minimum absolute atomic E-state index is 0.196. The zero-order valence-electron chi connectivity index (χ0n) is 21.1. The number of para-hydroxylation sites is 1. The number of benzene rings is 3. The van der Waals surface area contributed by atoms with Gasteiger partial charge in [-0.3, -0.25) is 14.5 Å². The van der Waals surface area contributed by atoms with Crippen molar-refractivity contribution in [2.24, 2.45) is 0 Å². The molecule has 0 aliphatic carbocycles. The van der Waals surface area contributed by atoms with Crippen LogP contribution in [0.3, 0.4) is 0 Å². The summed E-state index contributed by atoms with van der Waals surface area (Å²) in [5, 5.41) is 1.12. The van der Waals surface area contributed by atoms with Crippen molar-refractivity contribution in [3.63, 3.8) is 0 Å². The molecule has 5 rings (SSSR count). The first-order chi connectivity index (χ1) is 18.4. The summed E-state index contributed by atoms with van der Waals surface area (Å²) < 4.78 is 20.7. The number of fused-ring (bicyclic) bond motifs is 1. The van der Waals surface area contributed by atoms with Crippen molar-refractivity contribution in [1.82, 2.24) is 9.47 Å². The van der Waals surface area contributed by atoms with Crippen molar-refractivity contribution in [3.8, 4) is 0 Å². The van der Waals surface area contributed by atoms with E-state index in [9.17, 15) is 14.0 Å². The highest BCUT2D eigenvalue weighted by Crippen LogP contribution is 2.32. The van der Waals surface area contributed by atoms with E-state index in [2.05, 4.69) is 6.92 Å². The molecule has 1 aliphatic rings. The van der Waals surface area contributed by atoms with Gasteiger partial charge >= 0.3 is 5.97 Å². The Morgan fingerprint density at radius 1 is 1.03 bits per heavy atom. The predicted octanol–water partition coefficient (Wildman–Crippen LogP) is 5.54. The van der Waals surface area contributed by atoms with E-state index >= 15 is 0 Å². The molecule has 0 bridgehead atoms. The van der Waals surface area contributed by atoms with Crippen LogP contribution in [0.25, 0.3) is 17.0 Å². The van der Waals surface area contributed by atoms with Crippen LogP contribution in [-0.2, 0) is 27.3 Å². The number of halogens is 1. The molecular weight excluding hydrogens is 501 g/mol. The number of aromatic nitrogens is 1. The zero-order valence-corrected chi connectivity index (χ0v) is 21.9. The van der Waals surface area contributed by atoms with Gasteiger partial charge in [0.1, 0.15) is 18.1 Å². The lowest BCUT2D eigenvalue weighted by Crippen LogP contribution is -2.35. The molecule has 0 spiro atoms. The molecule has 4 aromatic rings. The van der Waals surface area contributed by atoms with E-state index in [1.165, 1.54) is 29.0 Å². The number of hydrogen-bond acceptors (Lipinski definition) is 4. The summed E-state index contributed by atoms with van der Waals surface area (Å²) in [6.07, 6.45) is 4.55. The van der Waals surface area contributed by atoms with Gasteiger partial charge < -0.3 is 14.2 Å². The molecule has 38 heavy (non-hydrogen) atoms. The summed E-state index contributed by atoms with van der Waals surface area (Å²) in [4.78, 5) is 29.0. The molecule has 2 heterocycles. The molecule has 192 valence electrons. The smallest absolute Gasteiger partial charge is 0.325 e. The minimum atomic E-state index is -0.511. The molecule has 6 nitrogen and oxygen atoms in total. The molecule has 1 saturated heterocycles.